The fraction of sp³-hybridized carbons (Fsp3) is 0.333. The Bertz CT molecular complexity index is 1390. The second-order valence-electron chi connectivity index (χ2n) is 7.65. The van der Waals surface area contributed by atoms with Gasteiger partial charge in [-0.25, -0.2) is 9.97 Å². The lowest BCUT2D eigenvalue weighted by Gasteiger charge is -2.21. The van der Waals surface area contributed by atoms with E-state index in [0.29, 0.717) is 22.6 Å². The summed E-state index contributed by atoms with van der Waals surface area (Å²) in [7, 11) is 0. The molecule has 0 N–H and O–H groups in total. The van der Waals surface area contributed by atoms with Crippen molar-refractivity contribution in [2.24, 2.45) is 0 Å². The number of hydrogen-bond acceptors (Lipinski definition) is 7. The third kappa shape index (κ3) is 4.49. The maximum atomic E-state index is 13.1. The van der Waals surface area contributed by atoms with Gasteiger partial charge >= 0.3 is 0 Å². The Hall–Kier alpha value is -2.49. The van der Waals surface area contributed by atoms with Crippen molar-refractivity contribution in [2.45, 2.75) is 58.5 Å². The summed E-state index contributed by atoms with van der Waals surface area (Å²) in [5.41, 5.74) is 3.87. The number of fused-ring (bicyclic) bond motifs is 1. The molecule has 0 fully saturated rings. The summed E-state index contributed by atoms with van der Waals surface area (Å²) in [6.45, 7) is 10.2. The van der Waals surface area contributed by atoms with Crippen LogP contribution in [0.2, 0.25) is 0 Å². The Kier molecular flexibility index (Phi) is 7.02. The van der Waals surface area contributed by atoms with Crippen LogP contribution in [-0.4, -0.2) is 20.4 Å². The summed E-state index contributed by atoms with van der Waals surface area (Å²) in [5, 5.41) is 4.05. The Labute approximate surface area is 205 Å². The number of hydrogen-bond donors (Lipinski definition) is 0. The number of thioether (sulfide) groups is 1. The SMILES string of the molecule is CCc1ccccc1N(C(C)=O)c1nc(CSc2nc3sc(C)c(C)c3c(=O)n2CC)cs1. The zero-order valence-electron chi connectivity index (χ0n) is 19.3. The average Bonchev–Trinajstić information content (AvgIpc) is 3.37. The van der Waals surface area contributed by atoms with Crippen LogP contribution in [0, 0.1) is 13.8 Å². The third-order valence-corrected chi connectivity index (χ3v) is 8.56. The summed E-state index contributed by atoms with van der Waals surface area (Å²) in [5.74, 6) is 0.499. The van der Waals surface area contributed by atoms with Crippen LogP contribution >= 0.6 is 34.4 Å². The molecule has 172 valence electrons. The summed E-state index contributed by atoms with van der Waals surface area (Å²) < 4.78 is 1.73. The van der Waals surface area contributed by atoms with Crippen LogP contribution in [-0.2, 0) is 23.5 Å². The highest BCUT2D eigenvalue weighted by Crippen LogP contribution is 2.34. The van der Waals surface area contributed by atoms with Crippen LogP contribution in [0.3, 0.4) is 0 Å². The molecular formula is C24H26N4O2S3. The smallest absolute Gasteiger partial charge is 0.263 e. The van der Waals surface area contributed by atoms with Gasteiger partial charge in [-0.15, -0.1) is 22.7 Å². The van der Waals surface area contributed by atoms with E-state index in [1.54, 1.807) is 27.7 Å². The van der Waals surface area contributed by atoms with Gasteiger partial charge in [0.05, 0.1) is 16.8 Å². The minimum Gasteiger partial charge on any atom is -0.287 e. The number of anilines is 2. The van der Waals surface area contributed by atoms with E-state index >= 15 is 0 Å². The van der Waals surface area contributed by atoms with Gasteiger partial charge in [0.1, 0.15) is 4.83 Å². The van der Waals surface area contributed by atoms with Gasteiger partial charge in [0, 0.05) is 29.5 Å². The molecule has 4 rings (SSSR count). The molecule has 1 aromatic carbocycles. The van der Waals surface area contributed by atoms with Crippen molar-refractivity contribution in [1.82, 2.24) is 14.5 Å². The van der Waals surface area contributed by atoms with E-state index in [4.69, 9.17) is 9.97 Å². The van der Waals surface area contributed by atoms with E-state index < -0.39 is 0 Å². The molecule has 0 saturated heterocycles. The number of nitrogens with zero attached hydrogens (tertiary/aromatic N) is 4. The molecule has 0 saturated carbocycles. The Morgan fingerprint density at radius 1 is 1.18 bits per heavy atom. The number of thiophene rings is 1. The molecule has 0 radical (unpaired) electrons. The van der Waals surface area contributed by atoms with E-state index in [-0.39, 0.29) is 11.5 Å². The van der Waals surface area contributed by atoms with Gasteiger partial charge in [0.2, 0.25) is 5.91 Å². The average molecular weight is 499 g/mol. The minimum atomic E-state index is -0.0696. The summed E-state index contributed by atoms with van der Waals surface area (Å²) in [6.07, 6.45) is 0.832. The highest BCUT2D eigenvalue weighted by atomic mass is 32.2. The van der Waals surface area contributed by atoms with Gasteiger partial charge in [-0.1, -0.05) is 36.9 Å². The molecule has 0 aliphatic rings. The maximum absolute atomic E-state index is 13.1. The van der Waals surface area contributed by atoms with Crippen LogP contribution < -0.4 is 10.5 Å². The van der Waals surface area contributed by atoms with E-state index in [1.807, 2.05) is 50.4 Å². The van der Waals surface area contributed by atoms with Crippen molar-refractivity contribution in [2.75, 3.05) is 4.90 Å². The first-order valence-corrected chi connectivity index (χ1v) is 13.5. The molecule has 0 atom stereocenters. The van der Waals surface area contributed by atoms with Crippen LogP contribution in [0.25, 0.3) is 10.2 Å². The normalized spacial score (nSPS) is 11.3. The molecule has 0 aliphatic carbocycles. The second-order valence-corrected chi connectivity index (χ2v) is 10.6. The van der Waals surface area contributed by atoms with Crippen molar-refractivity contribution in [3.63, 3.8) is 0 Å². The zero-order chi connectivity index (χ0) is 23.7. The van der Waals surface area contributed by atoms with Gasteiger partial charge in [0.15, 0.2) is 10.3 Å². The van der Waals surface area contributed by atoms with Gasteiger partial charge in [-0.2, -0.15) is 0 Å². The summed E-state index contributed by atoms with van der Waals surface area (Å²) in [4.78, 5) is 38.7. The van der Waals surface area contributed by atoms with Crippen LogP contribution in [0.4, 0.5) is 10.8 Å². The van der Waals surface area contributed by atoms with Gasteiger partial charge in [-0.3, -0.25) is 19.1 Å². The van der Waals surface area contributed by atoms with E-state index in [2.05, 4.69) is 6.92 Å². The number of thiazole rings is 1. The van der Waals surface area contributed by atoms with E-state index in [0.717, 1.165) is 44.0 Å². The number of para-hydroxylation sites is 1. The Balaban J connectivity index is 1.62. The van der Waals surface area contributed by atoms with Crippen molar-refractivity contribution in [1.29, 1.82) is 0 Å². The molecule has 1 amide bonds. The summed E-state index contributed by atoms with van der Waals surface area (Å²) in [6, 6.07) is 7.92. The van der Waals surface area contributed by atoms with Gasteiger partial charge < -0.3 is 0 Å². The molecule has 0 aliphatic heterocycles. The molecule has 0 bridgehead atoms. The summed E-state index contributed by atoms with van der Waals surface area (Å²) >= 11 is 4.52. The number of rotatable bonds is 7. The van der Waals surface area contributed by atoms with E-state index in [1.165, 1.54) is 23.1 Å². The number of carbonyl (C=O) groups excluding carboxylic acids is 1. The zero-order valence-corrected chi connectivity index (χ0v) is 21.8. The Morgan fingerprint density at radius 2 is 1.94 bits per heavy atom. The molecule has 6 nitrogen and oxygen atoms in total. The molecule has 4 aromatic rings. The third-order valence-electron chi connectivity index (χ3n) is 5.58. The minimum absolute atomic E-state index is 0.0183. The largest absolute Gasteiger partial charge is 0.287 e. The molecule has 33 heavy (non-hydrogen) atoms. The fourth-order valence-electron chi connectivity index (χ4n) is 3.74. The van der Waals surface area contributed by atoms with Crippen molar-refractivity contribution in [3.8, 4) is 0 Å². The monoisotopic (exact) mass is 498 g/mol. The Morgan fingerprint density at radius 3 is 2.64 bits per heavy atom. The van der Waals surface area contributed by atoms with E-state index in [9.17, 15) is 9.59 Å². The lowest BCUT2D eigenvalue weighted by molar-refractivity contribution is -0.115. The predicted molar refractivity (Wildman–Crippen MR) is 139 cm³/mol. The van der Waals surface area contributed by atoms with Crippen LogP contribution in [0.1, 0.15) is 42.5 Å². The first-order valence-electron chi connectivity index (χ1n) is 10.8. The quantitative estimate of drug-likeness (QED) is 0.228. The standard InChI is InChI=1S/C24H26N4O2S3/c1-6-17-10-8-9-11-19(17)28(16(5)29)24-25-18(13-32-24)12-31-23-26-21-20(14(3)15(4)33-21)22(30)27(23)7-2/h8-11,13H,6-7,12H2,1-5H3. The molecule has 3 heterocycles. The van der Waals surface area contributed by atoms with Gasteiger partial charge in [-0.05, 0) is 44.4 Å². The predicted octanol–water partition coefficient (Wildman–Crippen LogP) is 6.09. The maximum Gasteiger partial charge on any atom is 0.263 e. The topological polar surface area (TPSA) is 68.1 Å². The molecule has 9 heteroatoms. The van der Waals surface area contributed by atoms with Crippen molar-refractivity contribution >= 4 is 61.4 Å². The van der Waals surface area contributed by atoms with Crippen LogP contribution in [0.15, 0.2) is 39.6 Å². The molecule has 0 unspecified atom stereocenters. The molecule has 3 aromatic heterocycles. The van der Waals surface area contributed by atoms with Gasteiger partial charge in [0.25, 0.3) is 5.56 Å². The fourth-order valence-corrected chi connectivity index (χ4v) is 6.75. The number of carbonyl (C=O) groups is 1. The first-order chi connectivity index (χ1) is 15.8. The molecule has 0 spiro atoms. The van der Waals surface area contributed by atoms with Crippen molar-refractivity contribution in [3.05, 3.63) is 61.7 Å². The lowest BCUT2D eigenvalue weighted by Crippen LogP contribution is -2.23. The number of aryl methyl sites for hydroxylation is 3. The number of benzene rings is 1. The van der Waals surface area contributed by atoms with Crippen molar-refractivity contribution < 1.29 is 4.79 Å². The highest BCUT2D eigenvalue weighted by molar-refractivity contribution is 7.98. The molecular weight excluding hydrogens is 472 g/mol. The van der Waals surface area contributed by atoms with Crippen LogP contribution in [0.5, 0.6) is 0 Å². The number of amides is 1. The lowest BCUT2D eigenvalue weighted by atomic mass is 10.1. The highest BCUT2D eigenvalue weighted by Gasteiger charge is 2.21. The number of aromatic nitrogens is 3. The first kappa shape index (κ1) is 23.7. The second kappa shape index (κ2) is 9.79.